The summed E-state index contributed by atoms with van der Waals surface area (Å²) < 4.78 is 0. The molecule has 22 valence electrons. The molecule has 0 aromatic carbocycles. The first-order chi connectivity index (χ1) is 0. The van der Waals surface area contributed by atoms with Crippen LogP contribution in [-0.4, -0.2) is 0 Å². The van der Waals surface area contributed by atoms with Crippen molar-refractivity contribution in [2.75, 3.05) is 0 Å². The van der Waals surface area contributed by atoms with Gasteiger partial charge in [0.05, 0.1) is 0 Å². The predicted molar refractivity (Wildman–Crippen MR) is 0 cm³/mol. The van der Waals surface area contributed by atoms with Crippen molar-refractivity contribution in [3.63, 3.8) is 0 Å². The minimum absolute atomic E-state index is 0. The topological polar surface area (TPSA) is 0 Å². The van der Waals surface area contributed by atoms with Crippen LogP contribution in [0.3, 0.4) is 0 Å². The first kappa shape index (κ1) is 30.7. The van der Waals surface area contributed by atoms with Crippen LogP contribution in [0.4, 0.5) is 0 Å². The van der Waals surface area contributed by atoms with Crippen molar-refractivity contribution < 1.29 is 80.9 Å². The van der Waals surface area contributed by atoms with Gasteiger partial charge in [-0.15, -0.1) is 0 Å². The van der Waals surface area contributed by atoms with E-state index in [0.29, 0.717) is 0 Å². The quantitative estimate of drug-likeness (QED) is 0.552. The largest absolute Gasteiger partial charge is 0 e. The van der Waals surface area contributed by atoms with Crippen LogP contribution < -0.4 is 0 Å². The zero-order valence-corrected chi connectivity index (χ0v) is 11.2. The molecule has 0 heterocycles. The molecule has 4 heteroatoms. The zero-order chi connectivity index (χ0) is 0. The molecular weight excluding hydrogens is 296 g/mol. The van der Waals surface area contributed by atoms with Crippen molar-refractivity contribution in [1.29, 1.82) is 0 Å². The fraction of sp³-hybridized carbons (Fsp3) is 0. The molecule has 0 N–H and O–H groups in total. The molecule has 0 aromatic heterocycles. The second-order valence-corrected chi connectivity index (χ2v) is 0. The number of hydrogen-bond acceptors (Lipinski definition) is 0. The molecule has 0 aliphatic rings. The average molecular weight is 296 g/mol. The van der Waals surface area contributed by atoms with Crippen molar-refractivity contribution in [2.45, 2.75) is 0 Å². The van der Waals surface area contributed by atoms with Gasteiger partial charge in [-0.2, -0.15) is 0 Å². The molecule has 0 atom stereocenters. The number of rotatable bonds is 0. The molecule has 0 saturated heterocycles. The standard InChI is InChI=1S/Cd.Cu.Mn.Zn. The maximum Gasteiger partial charge on any atom is 0 e. The molecule has 0 saturated carbocycles. The van der Waals surface area contributed by atoms with E-state index in [9.17, 15) is 0 Å². The van der Waals surface area contributed by atoms with Gasteiger partial charge in [0.1, 0.15) is 0 Å². The van der Waals surface area contributed by atoms with E-state index in [2.05, 4.69) is 0 Å². The minimum Gasteiger partial charge on any atom is 0 e. The normalized spacial score (nSPS) is 0. The Balaban J connectivity index is 0. The van der Waals surface area contributed by atoms with Crippen LogP contribution in [0.2, 0.25) is 0 Å². The third kappa shape index (κ3) is 8.82. The van der Waals surface area contributed by atoms with Crippen LogP contribution in [0.5, 0.6) is 0 Å². The Morgan fingerprint density at radius 1 is 1.00 bits per heavy atom. The van der Waals surface area contributed by atoms with Gasteiger partial charge in [0.25, 0.3) is 0 Å². The average Bonchev–Trinajstić information content (AvgIpc) is 0. The second kappa shape index (κ2) is 17.6. The Morgan fingerprint density at radius 2 is 1.00 bits per heavy atom. The van der Waals surface area contributed by atoms with Crippen LogP contribution >= 0.6 is 0 Å². The predicted octanol–water partition coefficient (Wildman–Crippen LogP) is -0.0100. The summed E-state index contributed by atoms with van der Waals surface area (Å²) in [6, 6.07) is 0. The Labute approximate surface area is 79.7 Å². The summed E-state index contributed by atoms with van der Waals surface area (Å²) in [6.45, 7) is 0. The monoisotopic (exact) mass is 296 g/mol. The van der Waals surface area contributed by atoms with E-state index in [1.807, 2.05) is 0 Å². The molecule has 2 radical (unpaired) electrons. The van der Waals surface area contributed by atoms with Crippen molar-refractivity contribution in [2.24, 2.45) is 0 Å². The van der Waals surface area contributed by atoms with E-state index in [0.717, 1.165) is 0 Å². The Morgan fingerprint density at radius 3 is 1.00 bits per heavy atom. The Hall–Kier alpha value is 2.58. The second-order valence-electron chi connectivity index (χ2n) is 0. The summed E-state index contributed by atoms with van der Waals surface area (Å²) in [5.74, 6) is 0. The molecule has 0 unspecified atom stereocenters. The third-order valence-electron chi connectivity index (χ3n) is 0. The number of hydrogen-bond donors (Lipinski definition) is 0. The van der Waals surface area contributed by atoms with Crippen LogP contribution in [0.15, 0.2) is 0 Å². The van der Waals surface area contributed by atoms with Crippen LogP contribution in [0.1, 0.15) is 0 Å². The first-order valence-corrected chi connectivity index (χ1v) is 0. The summed E-state index contributed by atoms with van der Waals surface area (Å²) >= 11 is 0. The Bertz CT molecular complexity index is 8.00. The van der Waals surface area contributed by atoms with Gasteiger partial charge in [-0.3, -0.25) is 0 Å². The van der Waals surface area contributed by atoms with Gasteiger partial charge >= 0.3 is 0 Å². The molecule has 0 aromatic rings. The fourth-order valence-electron chi connectivity index (χ4n) is 0. The maximum absolute atomic E-state index is 0. The summed E-state index contributed by atoms with van der Waals surface area (Å²) in [5, 5.41) is 0. The van der Waals surface area contributed by atoms with E-state index in [1.165, 1.54) is 0 Å². The van der Waals surface area contributed by atoms with Crippen LogP contribution in [0, 0.1) is 0 Å². The van der Waals surface area contributed by atoms with Crippen molar-refractivity contribution in [3.8, 4) is 0 Å². The van der Waals surface area contributed by atoms with E-state index in [4.69, 9.17) is 0 Å². The summed E-state index contributed by atoms with van der Waals surface area (Å²) in [5.41, 5.74) is 0. The van der Waals surface area contributed by atoms with Crippen LogP contribution in [-0.2, 0) is 80.9 Å². The van der Waals surface area contributed by atoms with Crippen molar-refractivity contribution >= 4 is 0 Å². The van der Waals surface area contributed by atoms with Gasteiger partial charge in [-0.25, -0.2) is 0 Å². The van der Waals surface area contributed by atoms with Gasteiger partial charge in [0.15, 0.2) is 0 Å². The van der Waals surface area contributed by atoms with Gasteiger partial charge < -0.3 is 0 Å². The molecule has 0 fully saturated rings. The van der Waals surface area contributed by atoms with Crippen molar-refractivity contribution in [1.82, 2.24) is 0 Å². The van der Waals surface area contributed by atoms with E-state index in [-0.39, 0.29) is 80.9 Å². The van der Waals surface area contributed by atoms with Gasteiger partial charge in [-0.1, -0.05) is 0 Å². The molecule has 0 spiro atoms. The molecular formula is CdCuMnZn. The Kier molecular flexibility index (Phi) is 135. The van der Waals surface area contributed by atoms with Crippen LogP contribution in [0.25, 0.3) is 0 Å². The molecule has 0 rings (SSSR count). The van der Waals surface area contributed by atoms with Gasteiger partial charge in [0, 0.05) is 80.9 Å². The molecule has 0 aliphatic carbocycles. The summed E-state index contributed by atoms with van der Waals surface area (Å²) in [6.07, 6.45) is 0. The van der Waals surface area contributed by atoms with E-state index < -0.39 is 0 Å². The SMILES string of the molecule is [Cd].[Cu].[Mn].[Zn]. The minimum atomic E-state index is 0. The summed E-state index contributed by atoms with van der Waals surface area (Å²) in [7, 11) is 0. The van der Waals surface area contributed by atoms with Gasteiger partial charge in [-0.05, 0) is 0 Å². The molecule has 0 aliphatic heterocycles. The third-order valence-corrected chi connectivity index (χ3v) is 0. The maximum atomic E-state index is 0. The summed E-state index contributed by atoms with van der Waals surface area (Å²) in [4.78, 5) is 0. The molecule has 0 amide bonds. The molecule has 0 nitrogen and oxygen atoms in total. The van der Waals surface area contributed by atoms with Gasteiger partial charge in [0.2, 0.25) is 0 Å². The first-order valence-electron chi connectivity index (χ1n) is 0. The molecule has 4 heavy (non-hydrogen) atoms. The van der Waals surface area contributed by atoms with E-state index in [1.54, 1.807) is 0 Å². The fourth-order valence-corrected chi connectivity index (χ4v) is 0. The molecule has 0 bridgehead atoms. The van der Waals surface area contributed by atoms with Crippen molar-refractivity contribution in [3.05, 3.63) is 0 Å². The van der Waals surface area contributed by atoms with E-state index >= 15 is 0 Å². The smallest absolute Gasteiger partial charge is 0 e. The zero-order valence-electron chi connectivity index (χ0n) is 2.09.